The van der Waals surface area contributed by atoms with Crippen LogP contribution < -0.4 is 5.01 Å². The van der Waals surface area contributed by atoms with E-state index in [0.29, 0.717) is 5.71 Å². The first kappa shape index (κ1) is 13.7. The summed E-state index contributed by atoms with van der Waals surface area (Å²) < 4.78 is 6.81. The van der Waals surface area contributed by atoms with Gasteiger partial charge in [-0.1, -0.05) is 46.3 Å². The molecule has 22 heavy (non-hydrogen) atoms. The van der Waals surface area contributed by atoms with Gasteiger partial charge in [0.15, 0.2) is 0 Å². The molecule has 2 heterocycles. The molecule has 0 aromatic heterocycles. The lowest BCUT2D eigenvalue weighted by Gasteiger charge is -2.12. The second-order valence-electron chi connectivity index (χ2n) is 5.43. The van der Waals surface area contributed by atoms with Crippen LogP contribution in [0.4, 0.5) is 5.69 Å². The van der Waals surface area contributed by atoms with Gasteiger partial charge in [-0.05, 0) is 36.8 Å². The number of nitrogens with zero attached hydrogens (tertiary/aromatic N) is 2. The van der Waals surface area contributed by atoms with Crippen molar-refractivity contribution in [1.29, 1.82) is 0 Å². The van der Waals surface area contributed by atoms with Crippen molar-refractivity contribution < 1.29 is 9.53 Å². The summed E-state index contributed by atoms with van der Waals surface area (Å²) in [5.41, 5.74) is 1.50. The van der Waals surface area contributed by atoms with Gasteiger partial charge in [0.25, 0.3) is 5.91 Å². The van der Waals surface area contributed by atoms with Crippen molar-refractivity contribution in [3.05, 3.63) is 64.6 Å². The quantitative estimate of drug-likeness (QED) is 0.770. The van der Waals surface area contributed by atoms with Crippen molar-refractivity contribution in [3.63, 3.8) is 0 Å². The minimum atomic E-state index is -0.934. The molecule has 0 radical (unpaired) electrons. The van der Waals surface area contributed by atoms with Crippen LogP contribution in [0.3, 0.4) is 0 Å². The van der Waals surface area contributed by atoms with Crippen LogP contribution in [0, 0.1) is 0 Å². The number of epoxide rings is 1. The number of halogens is 1. The monoisotopic (exact) mass is 356 g/mol. The standard InChI is InChI=1S/C17H13BrN2O2/c1-11-17(15(22-17)12-6-5-7-13(18)10-12)16(21)20(19-11)14-8-3-2-4-9-14/h2-10,15H,1H3/t15-,17+/m1/s1. The summed E-state index contributed by atoms with van der Waals surface area (Å²) in [6.07, 6.45) is -0.269. The molecule has 2 aliphatic rings. The van der Waals surface area contributed by atoms with Crippen molar-refractivity contribution in [2.45, 2.75) is 18.6 Å². The number of para-hydroxylation sites is 1. The van der Waals surface area contributed by atoms with Crippen LogP contribution >= 0.6 is 15.9 Å². The number of carbonyl (C=O) groups excluding carboxylic acids is 1. The largest absolute Gasteiger partial charge is 0.344 e. The smallest absolute Gasteiger partial charge is 0.288 e. The molecular weight excluding hydrogens is 344 g/mol. The number of anilines is 1. The predicted molar refractivity (Wildman–Crippen MR) is 87.7 cm³/mol. The molecule has 0 N–H and O–H groups in total. The molecule has 1 fully saturated rings. The fraction of sp³-hybridized carbons (Fsp3) is 0.176. The van der Waals surface area contributed by atoms with Gasteiger partial charge in [0.2, 0.25) is 5.60 Å². The van der Waals surface area contributed by atoms with E-state index in [1.165, 1.54) is 5.01 Å². The lowest BCUT2D eigenvalue weighted by atomic mass is 9.95. The summed E-state index contributed by atoms with van der Waals surface area (Å²) in [6, 6.07) is 17.3. The van der Waals surface area contributed by atoms with Crippen LogP contribution in [-0.4, -0.2) is 17.2 Å². The number of carbonyl (C=O) groups is 1. The topological polar surface area (TPSA) is 45.2 Å². The lowest BCUT2D eigenvalue weighted by molar-refractivity contribution is -0.120. The molecule has 1 spiro atoms. The van der Waals surface area contributed by atoms with E-state index < -0.39 is 5.60 Å². The first-order valence-corrected chi connectivity index (χ1v) is 7.81. The van der Waals surface area contributed by atoms with Crippen LogP contribution in [0.2, 0.25) is 0 Å². The second kappa shape index (κ2) is 4.76. The Morgan fingerprint density at radius 3 is 2.68 bits per heavy atom. The zero-order valence-electron chi connectivity index (χ0n) is 11.9. The Hall–Kier alpha value is -1.98. The number of amides is 1. The SMILES string of the molecule is CC1=NN(c2ccccc2)C(=O)[C@]12O[C@@H]2c1cccc(Br)c1. The Morgan fingerprint density at radius 2 is 1.95 bits per heavy atom. The average Bonchev–Trinajstić information content (AvgIpc) is 3.24. The zero-order chi connectivity index (χ0) is 15.3. The van der Waals surface area contributed by atoms with Crippen LogP contribution in [0.5, 0.6) is 0 Å². The van der Waals surface area contributed by atoms with Gasteiger partial charge in [-0.25, -0.2) is 0 Å². The first-order chi connectivity index (χ1) is 10.6. The van der Waals surface area contributed by atoms with Crippen LogP contribution in [0.1, 0.15) is 18.6 Å². The molecule has 4 nitrogen and oxygen atoms in total. The highest BCUT2D eigenvalue weighted by atomic mass is 79.9. The maximum Gasteiger partial charge on any atom is 0.288 e. The van der Waals surface area contributed by atoms with Gasteiger partial charge in [0, 0.05) is 4.47 Å². The molecule has 2 aromatic rings. The molecule has 0 saturated carbocycles. The van der Waals surface area contributed by atoms with Gasteiger partial charge in [0.05, 0.1) is 11.4 Å². The highest BCUT2D eigenvalue weighted by Gasteiger charge is 2.69. The third-order valence-corrected chi connectivity index (χ3v) is 4.56. The van der Waals surface area contributed by atoms with Gasteiger partial charge in [-0.3, -0.25) is 4.79 Å². The van der Waals surface area contributed by atoms with Crippen LogP contribution in [-0.2, 0) is 9.53 Å². The summed E-state index contributed by atoms with van der Waals surface area (Å²) >= 11 is 3.45. The van der Waals surface area contributed by atoms with E-state index in [4.69, 9.17) is 4.74 Å². The molecule has 2 aromatic carbocycles. The summed E-state index contributed by atoms with van der Waals surface area (Å²) in [5, 5.41) is 5.85. The fourth-order valence-electron chi connectivity index (χ4n) is 2.89. The third-order valence-electron chi connectivity index (χ3n) is 4.07. The summed E-state index contributed by atoms with van der Waals surface area (Å²) in [5.74, 6) is -0.124. The Bertz CT molecular complexity index is 790. The average molecular weight is 357 g/mol. The fourth-order valence-corrected chi connectivity index (χ4v) is 3.30. The minimum Gasteiger partial charge on any atom is -0.344 e. The Balaban J connectivity index is 1.68. The Morgan fingerprint density at radius 1 is 1.18 bits per heavy atom. The number of hydrazone groups is 1. The van der Waals surface area contributed by atoms with Crippen LogP contribution in [0.25, 0.3) is 0 Å². The van der Waals surface area contributed by atoms with E-state index in [9.17, 15) is 4.79 Å². The molecule has 0 bridgehead atoms. The van der Waals surface area contributed by atoms with E-state index in [1.807, 2.05) is 61.5 Å². The third kappa shape index (κ3) is 1.86. The number of hydrogen-bond acceptors (Lipinski definition) is 3. The van der Waals surface area contributed by atoms with E-state index >= 15 is 0 Å². The summed E-state index contributed by atoms with van der Waals surface area (Å²) in [6.45, 7) is 1.85. The van der Waals surface area contributed by atoms with Gasteiger partial charge in [0.1, 0.15) is 6.10 Å². The maximum absolute atomic E-state index is 12.8. The normalized spacial score (nSPS) is 26.5. The van der Waals surface area contributed by atoms with Gasteiger partial charge in [-0.15, -0.1) is 0 Å². The Kier molecular flexibility index (Phi) is 2.96. The predicted octanol–water partition coefficient (Wildman–Crippen LogP) is 3.68. The van der Waals surface area contributed by atoms with Crippen molar-refractivity contribution in [3.8, 4) is 0 Å². The molecule has 5 heteroatoms. The number of hydrogen-bond donors (Lipinski definition) is 0. The zero-order valence-corrected chi connectivity index (χ0v) is 13.4. The van der Waals surface area contributed by atoms with E-state index in [-0.39, 0.29) is 12.0 Å². The van der Waals surface area contributed by atoms with Gasteiger partial charge >= 0.3 is 0 Å². The van der Waals surface area contributed by atoms with E-state index in [0.717, 1.165) is 15.7 Å². The van der Waals surface area contributed by atoms with Crippen molar-refractivity contribution in [2.75, 3.05) is 5.01 Å². The molecule has 1 amide bonds. The molecule has 0 aliphatic carbocycles. The van der Waals surface area contributed by atoms with Gasteiger partial charge < -0.3 is 4.74 Å². The number of ether oxygens (including phenoxy) is 1. The van der Waals surface area contributed by atoms with Crippen molar-refractivity contribution >= 4 is 33.2 Å². The van der Waals surface area contributed by atoms with Gasteiger partial charge in [-0.2, -0.15) is 10.1 Å². The molecule has 1 saturated heterocycles. The van der Waals surface area contributed by atoms with E-state index in [1.54, 1.807) is 0 Å². The highest BCUT2D eigenvalue weighted by Crippen LogP contribution is 2.54. The van der Waals surface area contributed by atoms with E-state index in [2.05, 4.69) is 21.0 Å². The number of rotatable bonds is 2. The minimum absolute atomic E-state index is 0.124. The molecule has 2 atom stereocenters. The molecule has 4 rings (SSSR count). The molecule has 110 valence electrons. The Labute approximate surface area is 136 Å². The molecule has 2 aliphatic heterocycles. The van der Waals surface area contributed by atoms with Crippen molar-refractivity contribution in [2.24, 2.45) is 5.10 Å². The summed E-state index contributed by atoms with van der Waals surface area (Å²) in [4.78, 5) is 12.8. The first-order valence-electron chi connectivity index (χ1n) is 7.01. The molecular formula is C17H13BrN2O2. The lowest BCUT2D eigenvalue weighted by Crippen LogP contribution is -2.35. The van der Waals surface area contributed by atoms with Crippen LogP contribution in [0.15, 0.2) is 64.2 Å². The highest BCUT2D eigenvalue weighted by molar-refractivity contribution is 9.10. The molecule has 0 unspecified atom stereocenters. The maximum atomic E-state index is 12.8. The summed E-state index contributed by atoms with van der Waals surface area (Å²) in [7, 11) is 0. The number of benzene rings is 2. The second-order valence-corrected chi connectivity index (χ2v) is 6.34. The van der Waals surface area contributed by atoms with Crippen molar-refractivity contribution in [1.82, 2.24) is 0 Å².